The lowest BCUT2D eigenvalue weighted by Crippen LogP contribution is -2.43. The van der Waals surface area contributed by atoms with Crippen molar-refractivity contribution < 1.29 is 4.79 Å². The monoisotopic (exact) mass is 327 g/mol. The van der Waals surface area contributed by atoms with Crippen molar-refractivity contribution in [3.05, 3.63) is 21.4 Å². The first-order chi connectivity index (χ1) is 8.65. The van der Waals surface area contributed by atoms with Gasteiger partial charge in [0.15, 0.2) is 0 Å². The maximum atomic E-state index is 12.5. The average molecular weight is 328 g/mol. The van der Waals surface area contributed by atoms with Crippen LogP contribution in [0.4, 0.5) is 0 Å². The Morgan fingerprint density at radius 2 is 2.33 bits per heavy atom. The number of hydrogen-bond acceptors (Lipinski definition) is 2. The molecule has 2 unspecified atom stereocenters. The quantitative estimate of drug-likeness (QED) is 0.723. The Balaban J connectivity index is 1.74. The van der Waals surface area contributed by atoms with Crippen molar-refractivity contribution >= 4 is 33.2 Å². The van der Waals surface area contributed by atoms with Crippen LogP contribution in [-0.4, -0.2) is 28.7 Å². The Kier molecular flexibility index (Phi) is 3.50. The van der Waals surface area contributed by atoms with Crippen LogP contribution in [0.15, 0.2) is 6.07 Å². The summed E-state index contributed by atoms with van der Waals surface area (Å²) in [5, 5.41) is 0. The normalized spacial score (nSPS) is 27.3. The molecule has 0 N–H and O–H groups in total. The van der Waals surface area contributed by atoms with Crippen LogP contribution in [0, 0.1) is 5.92 Å². The van der Waals surface area contributed by atoms with Crippen molar-refractivity contribution in [1.29, 1.82) is 0 Å². The highest BCUT2D eigenvalue weighted by molar-refractivity contribution is 9.09. The number of nitrogens with zero attached hydrogens (tertiary/aromatic N) is 1. The number of fused-ring (bicyclic) bond motifs is 1. The van der Waals surface area contributed by atoms with E-state index in [1.807, 2.05) is 4.90 Å². The Hall–Kier alpha value is -0.350. The van der Waals surface area contributed by atoms with Crippen LogP contribution in [0.2, 0.25) is 0 Å². The van der Waals surface area contributed by atoms with Gasteiger partial charge < -0.3 is 4.90 Å². The lowest BCUT2D eigenvalue weighted by molar-refractivity contribution is 0.0711. The largest absolute Gasteiger partial charge is 0.337 e. The number of aryl methyl sites for hydroxylation is 2. The van der Waals surface area contributed by atoms with Crippen molar-refractivity contribution in [2.45, 2.75) is 37.4 Å². The maximum absolute atomic E-state index is 12.5. The van der Waals surface area contributed by atoms with Gasteiger partial charge in [0.05, 0.1) is 4.88 Å². The SMILES string of the molecule is CC1CCN(C(=O)c2cc3c(s2)CCC3)CC1Br. The minimum atomic E-state index is 0.241. The molecule has 0 aromatic carbocycles. The van der Waals surface area contributed by atoms with E-state index in [4.69, 9.17) is 0 Å². The summed E-state index contributed by atoms with van der Waals surface area (Å²) >= 11 is 5.41. The average Bonchev–Trinajstić information content (AvgIpc) is 2.92. The summed E-state index contributed by atoms with van der Waals surface area (Å²) in [5.41, 5.74) is 1.42. The van der Waals surface area contributed by atoms with Crippen LogP contribution < -0.4 is 0 Å². The van der Waals surface area contributed by atoms with E-state index in [0.29, 0.717) is 10.7 Å². The highest BCUT2D eigenvalue weighted by Crippen LogP contribution is 2.32. The number of carbonyl (C=O) groups excluding carboxylic acids is 1. The van der Waals surface area contributed by atoms with Crippen LogP contribution in [0.1, 0.15) is 39.9 Å². The molecule has 1 aromatic heterocycles. The van der Waals surface area contributed by atoms with Gasteiger partial charge in [-0.3, -0.25) is 4.79 Å². The van der Waals surface area contributed by atoms with Crippen LogP contribution in [0.5, 0.6) is 0 Å². The third-order valence-electron chi connectivity index (χ3n) is 4.11. The van der Waals surface area contributed by atoms with Gasteiger partial charge in [0.2, 0.25) is 0 Å². The first kappa shape index (κ1) is 12.7. The highest BCUT2D eigenvalue weighted by Gasteiger charge is 2.29. The van der Waals surface area contributed by atoms with Gasteiger partial charge in [-0.05, 0) is 43.2 Å². The second-order valence-corrected chi connectivity index (χ2v) is 7.76. The number of likely N-dealkylation sites (tertiary alicyclic amines) is 1. The molecule has 0 radical (unpaired) electrons. The van der Waals surface area contributed by atoms with Crippen molar-refractivity contribution in [2.24, 2.45) is 5.92 Å². The van der Waals surface area contributed by atoms with E-state index in [0.717, 1.165) is 30.8 Å². The van der Waals surface area contributed by atoms with E-state index in [1.54, 1.807) is 11.3 Å². The molecule has 2 nitrogen and oxygen atoms in total. The maximum Gasteiger partial charge on any atom is 0.263 e. The molecule has 1 saturated heterocycles. The fourth-order valence-electron chi connectivity index (χ4n) is 2.80. The van der Waals surface area contributed by atoms with Crippen molar-refractivity contribution in [3.8, 4) is 0 Å². The van der Waals surface area contributed by atoms with Gasteiger partial charge in [-0.2, -0.15) is 0 Å². The molecule has 0 spiro atoms. The first-order valence-electron chi connectivity index (χ1n) is 6.70. The lowest BCUT2D eigenvalue weighted by Gasteiger charge is -2.34. The summed E-state index contributed by atoms with van der Waals surface area (Å²) in [6.07, 6.45) is 4.70. The van der Waals surface area contributed by atoms with E-state index in [9.17, 15) is 4.79 Å². The predicted octanol–water partition coefficient (Wildman–Crippen LogP) is 3.48. The number of alkyl halides is 1. The first-order valence-corrected chi connectivity index (χ1v) is 8.43. The molecule has 4 heteroatoms. The van der Waals surface area contributed by atoms with Crippen molar-refractivity contribution in [3.63, 3.8) is 0 Å². The number of rotatable bonds is 1. The highest BCUT2D eigenvalue weighted by atomic mass is 79.9. The summed E-state index contributed by atoms with van der Waals surface area (Å²) in [5.74, 6) is 0.910. The molecule has 1 amide bonds. The summed E-state index contributed by atoms with van der Waals surface area (Å²) in [7, 11) is 0. The number of hydrogen-bond donors (Lipinski definition) is 0. The van der Waals surface area contributed by atoms with E-state index in [-0.39, 0.29) is 5.91 Å². The minimum absolute atomic E-state index is 0.241. The van der Waals surface area contributed by atoms with E-state index in [2.05, 4.69) is 28.9 Å². The van der Waals surface area contributed by atoms with Crippen LogP contribution in [0.3, 0.4) is 0 Å². The van der Waals surface area contributed by atoms with Gasteiger partial charge in [-0.1, -0.05) is 22.9 Å². The molecule has 1 fully saturated rings. The smallest absolute Gasteiger partial charge is 0.263 e. The molecule has 98 valence electrons. The van der Waals surface area contributed by atoms with Crippen LogP contribution >= 0.6 is 27.3 Å². The number of halogens is 1. The van der Waals surface area contributed by atoms with E-state index >= 15 is 0 Å². The number of thiophene rings is 1. The van der Waals surface area contributed by atoms with Gasteiger partial charge in [0.25, 0.3) is 5.91 Å². The third kappa shape index (κ3) is 2.25. The summed E-state index contributed by atoms with van der Waals surface area (Å²) in [4.78, 5) is 17.3. The van der Waals surface area contributed by atoms with Gasteiger partial charge in [-0.15, -0.1) is 11.3 Å². The third-order valence-corrected chi connectivity index (χ3v) is 6.53. The van der Waals surface area contributed by atoms with Crippen molar-refractivity contribution in [2.75, 3.05) is 13.1 Å². The minimum Gasteiger partial charge on any atom is -0.337 e. The Morgan fingerprint density at radius 1 is 1.50 bits per heavy atom. The zero-order chi connectivity index (χ0) is 12.7. The fraction of sp³-hybridized carbons (Fsp3) is 0.643. The van der Waals surface area contributed by atoms with Gasteiger partial charge in [-0.25, -0.2) is 0 Å². The van der Waals surface area contributed by atoms with E-state index < -0.39 is 0 Å². The molecule has 1 aromatic rings. The zero-order valence-corrected chi connectivity index (χ0v) is 13.0. The predicted molar refractivity (Wildman–Crippen MR) is 78.7 cm³/mol. The topological polar surface area (TPSA) is 20.3 Å². The number of piperidine rings is 1. The second-order valence-electron chi connectivity index (χ2n) is 5.45. The molecular formula is C14H18BrNOS. The van der Waals surface area contributed by atoms with Gasteiger partial charge in [0.1, 0.15) is 0 Å². The molecule has 18 heavy (non-hydrogen) atoms. The molecule has 1 aliphatic heterocycles. The molecule has 2 atom stereocenters. The van der Waals surface area contributed by atoms with Crippen LogP contribution in [0.25, 0.3) is 0 Å². The molecule has 2 aliphatic rings. The molecule has 2 heterocycles. The zero-order valence-electron chi connectivity index (χ0n) is 10.6. The van der Waals surface area contributed by atoms with E-state index in [1.165, 1.54) is 23.3 Å². The van der Waals surface area contributed by atoms with Gasteiger partial charge in [0, 0.05) is 22.8 Å². The molecule has 0 saturated carbocycles. The van der Waals surface area contributed by atoms with Crippen LogP contribution in [-0.2, 0) is 12.8 Å². The summed E-state index contributed by atoms with van der Waals surface area (Å²) in [6.45, 7) is 4.01. The Labute approximate surface area is 120 Å². The van der Waals surface area contributed by atoms with Gasteiger partial charge >= 0.3 is 0 Å². The number of carbonyl (C=O) groups is 1. The summed E-state index contributed by atoms with van der Waals surface area (Å²) in [6, 6.07) is 2.14. The lowest BCUT2D eigenvalue weighted by atomic mass is 9.99. The molecule has 0 bridgehead atoms. The van der Waals surface area contributed by atoms with Crippen molar-refractivity contribution in [1.82, 2.24) is 4.90 Å². The Morgan fingerprint density at radius 3 is 3.06 bits per heavy atom. The molecular weight excluding hydrogens is 310 g/mol. The molecule has 1 aliphatic carbocycles. The number of amides is 1. The Bertz CT molecular complexity index is 449. The molecule has 3 rings (SSSR count). The summed E-state index contributed by atoms with van der Waals surface area (Å²) < 4.78 is 0. The second kappa shape index (κ2) is 4.97. The standard InChI is InChI=1S/C14H18BrNOS/c1-9-5-6-16(8-11(9)15)14(17)13-7-10-3-2-4-12(10)18-13/h7,9,11H,2-6,8H2,1H3. The fourth-order valence-corrected chi connectivity index (χ4v) is 4.63.